The fourth-order valence-electron chi connectivity index (χ4n) is 2.22. The van der Waals surface area contributed by atoms with E-state index in [9.17, 15) is 4.79 Å². The fourth-order valence-corrected chi connectivity index (χ4v) is 2.22. The first-order valence-corrected chi connectivity index (χ1v) is 5.89. The van der Waals surface area contributed by atoms with Crippen LogP contribution in [0.25, 0.3) is 0 Å². The molecule has 1 aromatic heterocycles. The van der Waals surface area contributed by atoms with Gasteiger partial charge in [-0.1, -0.05) is 0 Å². The molecular weight excluding hydrogens is 232 g/mol. The van der Waals surface area contributed by atoms with Crippen LogP contribution in [0, 0.1) is 17.2 Å². The molecule has 94 valence electrons. The predicted octanol–water partition coefficient (Wildman–Crippen LogP) is 1.04. The van der Waals surface area contributed by atoms with Gasteiger partial charge in [-0.2, -0.15) is 5.26 Å². The number of aromatic nitrogens is 2. The molecule has 6 nitrogen and oxygen atoms in total. The fraction of sp³-hybridized carbons (Fsp3) is 0.500. The van der Waals surface area contributed by atoms with Crippen molar-refractivity contribution in [1.82, 2.24) is 9.97 Å². The average Bonchev–Trinajstić information content (AvgIpc) is 2.38. The van der Waals surface area contributed by atoms with Crippen molar-refractivity contribution in [3.8, 4) is 6.07 Å². The van der Waals surface area contributed by atoms with Gasteiger partial charge in [-0.25, -0.2) is 9.97 Å². The van der Waals surface area contributed by atoms with Crippen molar-refractivity contribution in [3.05, 3.63) is 18.0 Å². The zero-order valence-corrected chi connectivity index (χ0v) is 9.91. The Kier molecular flexibility index (Phi) is 3.72. The number of carbonyl (C=O) groups is 1. The van der Waals surface area contributed by atoms with Crippen LogP contribution in [-0.2, 0) is 4.79 Å². The molecular formula is C12H14N4O2. The summed E-state index contributed by atoms with van der Waals surface area (Å²) in [5, 5.41) is 17.6. The van der Waals surface area contributed by atoms with Crippen LogP contribution in [0.15, 0.2) is 12.3 Å². The number of carboxylic acids is 1. The smallest absolute Gasteiger partial charge is 0.303 e. The molecule has 2 rings (SSSR count). The molecule has 0 bridgehead atoms. The number of carboxylic acid groups (broad SMARTS) is 1. The Bertz CT molecular complexity index is 483. The predicted molar refractivity (Wildman–Crippen MR) is 63.9 cm³/mol. The van der Waals surface area contributed by atoms with Gasteiger partial charge in [0.2, 0.25) is 5.95 Å². The molecule has 1 aliphatic heterocycles. The van der Waals surface area contributed by atoms with Gasteiger partial charge in [-0.05, 0) is 24.8 Å². The Hall–Kier alpha value is -2.16. The standard InChI is InChI=1S/C12H14N4O2/c13-7-10-3-4-14-12(15-10)16-5-1-2-9(8-16)6-11(17)18/h3-4,9H,1-2,5-6,8H2,(H,17,18). The lowest BCUT2D eigenvalue weighted by Gasteiger charge is -2.31. The molecule has 1 fully saturated rings. The van der Waals surface area contributed by atoms with Gasteiger partial charge >= 0.3 is 5.97 Å². The highest BCUT2D eigenvalue weighted by atomic mass is 16.4. The summed E-state index contributed by atoms with van der Waals surface area (Å²) in [5.74, 6) is -0.122. The second-order valence-electron chi connectivity index (χ2n) is 4.41. The zero-order valence-electron chi connectivity index (χ0n) is 9.91. The van der Waals surface area contributed by atoms with Gasteiger partial charge < -0.3 is 10.0 Å². The lowest BCUT2D eigenvalue weighted by molar-refractivity contribution is -0.138. The molecule has 1 N–H and O–H groups in total. The maximum absolute atomic E-state index is 10.7. The molecule has 1 saturated heterocycles. The maximum atomic E-state index is 10.7. The number of hydrogen-bond donors (Lipinski definition) is 1. The van der Waals surface area contributed by atoms with Gasteiger partial charge in [0, 0.05) is 25.7 Å². The summed E-state index contributed by atoms with van der Waals surface area (Å²) in [6.07, 6.45) is 3.58. The highest BCUT2D eigenvalue weighted by Crippen LogP contribution is 2.22. The van der Waals surface area contributed by atoms with Crippen molar-refractivity contribution in [2.75, 3.05) is 18.0 Å². The summed E-state index contributed by atoms with van der Waals surface area (Å²) in [6.45, 7) is 1.45. The molecule has 0 radical (unpaired) electrons. The van der Waals surface area contributed by atoms with E-state index < -0.39 is 5.97 Å². The molecule has 18 heavy (non-hydrogen) atoms. The van der Waals surface area contributed by atoms with E-state index in [0.29, 0.717) is 18.2 Å². The van der Waals surface area contributed by atoms with Crippen LogP contribution < -0.4 is 4.90 Å². The van der Waals surface area contributed by atoms with Crippen LogP contribution in [0.4, 0.5) is 5.95 Å². The topological polar surface area (TPSA) is 90.1 Å². The van der Waals surface area contributed by atoms with Crippen molar-refractivity contribution >= 4 is 11.9 Å². The minimum Gasteiger partial charge on any atom is -0.481 e. The molecule has 1 atom stereocenters. The third-order valence-corrected chi connectivity index (χ3v) is 3.02. The summed E-state index contributed by atoms with van der Waals surface area (Å²) in [5.41, 5.74) is 0.334. The first-order valence-electron chi connectivity index (χ1n) is 5.89. The third kappa shape index (κ3) is 2.94. The van der Waals surface area contributed by atoms with Crippen molar-refractivity contribution < 1.29 is 9.90 Å². The molecule has 6 heteroatoms. The monoisotopic (exact) mass is 246 g/mol. The van der Waals surface area contributed by atoms with Gasteiger partial charge in [0.05, 0.1) is 0 Å². The molecule has 0 spiro atoms. The first kappa shape index (κ1) is 12.3. The lowest BCUT2D eigenvalue weighted by Crippen LogP contribution is -2.37. The molecule has 0 aromatic carbocycles. The van der Waals surface area contributed by atoms with Gasteiger partial charge in [0.1, 0.15) is 11.8 Å². The van der Waals surface area contributed by atoms with Gasteiger partial charge in [-0.3, -0.25) is 4.79 Å². The highest BCUT2D eigenvalue weighted by molar-refractivity contribution is 5.67. The second-order valence-corrected chi connectivity index (χ2v) is 4.41. The number of nitrogens with zero attached hydrogens (tertiary/aromatic N) is 4. The Morgan fingerprint density at radius 1 is 1.67 bits per heavy atom. The van der Waals surface area contributed by atoms with E-state index in [4.69, 9.17) is 10.4 Å². The van der Waals surface area contributed by atoms with Crippen LogP contribution in [0.1, 0.15) is 25.0 Å². The van der Waals surface area contributed by atoms with E-state index in [1.807, 2.05) is 11.0 Å². The third-order valence-electron chi connectivity index (χ3n) is 3.02. The summed E-state index contributed by atoms with van der Waals surface area (Å²) in [4.78, 5) is 21.0. The Balaban J connectivity index is 2.08. The minimum absolute atomic E-state index is 0.130. The van der Waals surface area contributed by atoms with Gasteiger partial charge in [0.15, 0.2) is 0 Å². The number of hydrogen-bond acceptors (Lipinski definition) is 5. The van der Waals surface area contributed by atoms with E-state index in [1.54, 1.807) is 12.3 Å². The van der Waals surface area contributed by atoms with Crippen LogP contribution in [-0.4, -0.2) is 34.1 Å². The van der Waals surface area contributed by atoms with E-state index in [1.165, 1.54) is 0 Å². The SMILES string of the molecule is N#Cc1ccnc(N2CCCC(CC(=O)O)C2)n1. The Labute approximate surface area is 105 Å². The first-order chi connectivity index (χ1) is 8.69. The van der Waals surface area contributed by atoms with E-state index in [2.05, 4.69) is 9.97 Å². The maximum Gasteiger partial charge on any atom is 0.303 e. The van der Waals surface area contributed by atoms with Crippen molar-refractivity contribution in [1.29, 1.82) is 5.26 Å². The molecule has 1 aromatic rings. The molecule has 0 amide bonds. The summed E-state index contributed by atoms with van der Waals surface area (Å²) < 4.78 is 0. The van der Waals surface area contributed by atoms with Crippen molar-refractivity contribution in [2.45, 2.75) is 19.3 Å². The molecule has 2 heterocycles. The highest BCUT2D eigenvalue weighted by Gasteiger charge is 2.23. The van der Waals surface area contributed by atoms with Crippen molar-refractivity contribution in [2.24, 2.45) is 5.92 Å². The quantitative estimate of drug-likeness (QED) is 0.857. The molecule has 0 saturated carbocycles. The van der Waals surface area contributed by atoms with E-state index >= 15 is 0 Å². The molecule has 1 unspecified atom stereocenters. The molecule has 1 aliphatic rings. The summed E-state index contributed by atoms with van der Waals surface area (Å²) in [6, 6.07) is 3.54. The lowest BCUT2D eigenvalue weighted by atomic mass is 9.95. The molecule has 0 aliphatic carbocycles. The number of nitriles is 1. The zero-order chi connectivity index (χ0) is 13.0. The van der Waals surface area contributed by atoms with Crippen molar-refractivity contribution in [3.63, 3.8) is 0 Å². The van der Waals surface area contributed by atoms with E-state index in [-0.39, 0.29) is 12.3 Å². The normalized spacial score (nSPS) is 19.3. The minimum atomic E-state index is -0.770. The van der Waals surface area contributed by atoms with Gasteiger partial charge in [-0.15, -0.1) is 0 Å². The second kappa shape index (κ2) is 5.45. The number of anilines is 1. The van der Waals surface area contributed by atoms with E-state index in [0.717, 1.165) is 19.4 Å². The summed E-state index contributed by atoms with van der Waals surface area (Å²) >= 11 is 0. The Morgan fingerprint density at radius 2 is 2.50 bits per heavy atom. The Morgan fingerprint density at radius 3 is 3.22 bits per heavy atom. The van der Waals surface area contributed by atoms with Crippen LogP contribution in [0.2, 0.25) is 0 Å². The number of aliphatic carboxylic acids is 1. The average molecular weight is 246 g/mol. The van der Waals surface area contributed by atoms with Gasteiger partial charge in [0.25, 0.3) is 0 Å². The summed E-state index contributed by atoms with van der Waals surface area (Å²) in [7, 11) is 0. The number of rotatable bonds is 3. The van der Waals surface area contributed by atoms with Crippen LogP contribution >= 0.6 is 0 Å². The van der Waals surface area contributed by atoms with Crippen LogP contribution in [0.3, 0.4) is 0 Å². The largest absolute Gasteiger partial charge is 0.481 e. The number of piperidine rings is 1. The van der Waals surface area contributed by atoms with Crippen LogP contribution in [0.5, 0.6) is 0 Å².